The van der Waals surface area contributed by atoms with Crippen molar-refractivity contribution in [3.63, 3.8) is 0 Å². The molecule has 0 amide bonds. The van der Waals surface area contributed by atoms with Crippen LogP contribution >= 0.6 is 0 Å². The number of rotatable bonds is 6. The van der Waals surface area contributed by atoms with Crippen molar-refractivity contribution in [2.75, 3.05) is 26.2 Å². The predicted molar refractivity (Wildman–Crippen MR) is 143 cm³/mol. The molecule has 1 aliphatic carbocycles. The van der Waals surface area contributed by atoms with Gasteiger partial charge in [-0.05, 0) is 92.1 Å². The molecule has 36 heavy (non-hydrogen) atoms. The number of hydrogen-bond donors (Lipinski definition) is 1. The topological polar surface area (TPSA) is 82.9 Å². The molecule has 1 aromatic carbocycles. The molecule has 1 N–H and O–H groups in total. The predicted octanol–water partition coefficient (Wildman–Crippen LogP) is 4.32. The average Bonchev–Trinajstić information content (AvgIpc) is 3.37. The number of H-pyrrole nitrogens is 1. The SMILES string of the molecule is CCC(C)(C)n1nnnc1[C@@H](c1cc2cc(C)c(C)cc2[nH]c1=O)N1CCN(C2CCCCC2)CC1. The summed E-state index contributed by atoms with van der Waals surface area (Å²) in [5.74, 6) is 0.752. The Morgan fingerprint density at radius 2 is 1.72 bits per heavy atom. The van der Waals surface area contributed by atoms with Crippen molar-refractivity contribution in [2.24, 2.45) is 0 Å². The van der Waals surface area contributed by atoms with E-state index < -0.39 is 0 Å². The number of piperazine rings is 1. The Kier molecular flexibility index (Phi) is 7.01. The van der Waals surface area contributed by atoms with Gasteiger partial charge in [-0.3, -0.25) is 14.6 Å². The summed E-state index contributed by atoms with van der Waals surface area (Å²) in [5, 5.41) is 14.1. The third kappa shape index (κ3) is 4.73. The van der Waals surface area contributed by atoms with Crippen LogP contribution < -0.4 is 5.56 Å². The van der Waals surface area contributed by atoms with Crippen molar-refractivity contribution in [1.82, 2.24) is 35.0 Å². The number of nitrogens with zero attached hydrogens (tertiary/aromatic N) is 6. The van der Waals surface area contributed by atoms with E-state index in [9.17, 15) is 4.79 Å². The third-order valence-electron chi connectivity index (χ3n) is 8.76. The van der Waals surface area contributed by atoms with Crippen LogP contribution in [0.5, 0.6) is 0 Å². The summed E-state index contributed by atoms with van der Waals surface area (Å²) in [6, 6.07) is 6.71. The van der Waals surface area contributed by atoms with E-state index in [1.165, 1.54) is 43.2 Å². The van der Waals surface area contributed by atoms with Crippen LogP contribution in [-0.4, -0.2) is 67.2 Å². The summed E-state index contributed by atoms with van der Waals surface area (Å²) in [5.41, 5.74) is 3.68. The Hall–Kier alpha value is -2.58. The fraction of sp³-hybridized carbons (Fsp3) is 0.643. The minimum Gasteiger partial charge on any atom is -0.322 e. The molecule has 0 unspecified atom stereocenters. The van der Waals surface area contributed by atoms with Gasteiger partial charge in [0.1, 0.15) is 6.04 Å². The van der Waals surface area contributed by atoms with E-state index in [1.54, 1.807) is 0 Å². The molecule has 2 aliphatic rings. The standard InChI is InChI=1S/C28H41N7O/c1-6-28(4,5)35-26(30-31-32-35)25(34-14-12-33(13-15-34)22-10-8-7-9-11-22)23-18-21-16-19(2)20(3)17-24(21)29-27(23)36/h16-18,22,25H,6-15H2,1-5H3,(H,29,36)/t25-/m1/s1. The van der Waals surface area contributed by atoms with Gasteiger partial charge >= 0.3 is 0 Å². The summed E-state index contributed by atoms with van der Waals surface area (Å²) in [7, 11) is 0. The van der Waals surface area contributed by atoms with E-state index in [4.69, 9.17) is 0 Å². The third-order valence-corrected chi connectivity index (χ3v) is 8.76. The lowest BCUT2D eigenvalue weighted by atomic mass is 9.93. The van der Waals surface area contributed by atoms with Crippen LogP contribution in [0.3, 0.4) is 0 Å². The summed E-state index contributed by atoms with van der Waals surface area (Å²) >= 11 is 0. The minimum absolute atomic E-state index is 0.0608. The van der Waals surface area contributed by atoms with Gasteiger partial charge in [0.2, 0.25) is 0 Å². The van der Waals surface area contributed by atoms with Crippen LogP contribution in [0.1, 0.15) is 87.9 Å². The van der Waals surface area contributed by atoms with Gasteiger partial charge < -0.3 is 4.98 Å². The molecule has 3 aromatic rings. The lowest BCUT2D eigenvalue weighted by Gasteiger charge is -2.43. The zero-order valence-electron chi connectivity index (χ0n) is 22.5. The fourth-order valence-corrected chi connectivity index (χ4v) is 5.95. The van der Waals surface area contributed by atoms with E-state index in [-0.39, 0.29) is 17.1 Å². The van der Waals surface area contributed by atoms with Crippen LogP contribution in [0, 0.1) is 13.8 Å². The van der Waals surface area contributed by atoms with Crippen molar-refractivity contribution in [2.45, 2.75) is 90.8 Å². The molecule has 0 bridgehead atoms. The van der Waals surface area contributed by atoms with Crippen LogP contribution in [0.25, 0.3) is 10.9 Å². The van der Waals surface area contributed by atoms with E-state index >= 15 is 0 Å². The van der Waals surface area contributed by atoms with E-state index in [2.05, 4.69) is 83.1 Å². The molecular formula is C28H41N7O. The van der Waals surface area contributed by atoms with Gasteiger partial charge in [0.15, 0.2) is 5.82 Å². The van der Waals surface area contributed by atoms with Crippen molar-refractivity contribution in [1.29, 1.82) is 0 Å². The zero-order valence-corrected chi connectivity index (χ0v) is 22.5. The number of tetrazole rings is 1. The molecule has 0 spiro atoms. The van der Waals surface area contributed by atoms with Gasteiger partial charge in [-0.15, -0.1) is 5.10 Å². The van der Waals surface area contributed by atoms with Gasteiger partial charge in [0.05, 0.1) is 5.54 Å². The Labute approximate surface area is 214 Å². The minimum atomic E-state index is -0.297. The Bertz CT molecular complexity index is 1260. The van der Waals surface area contributed by atoms with Gasteiger partial charge in [-0.1, -0.05) is 26.2 Å². The highest BCUT2D eigenvalue weighted by atomic mass is 16.1. The molecule has 1 atom stereocenters. The number of nitrogens with one attached hydrogen (secondary N) is 1. The lowest BCUT2D eigenvalue weighted by Crippen LogP contribution is -2.52. The number of aromatic amines is 1. The largest absolute Gasteiger partial charge is 0.322 e. The number of fused-ring (bicyclic) bond motifs is 1. The molecule has 5 rings (SSSR count). The molecule has 8 nitrogen and oxygen atoms in total. The fourth-order valence-electron chi connectivity index (χ4n) is 5.95. The molecule has 2 aromatic heterocycles. The van der Waals surface area contributed by atoms with Gasteiger partial charge in [0.25, 0.3) is 5.56 Å². The maximum absolute atomic E-state index is 13.6. The summed E-state index contributed by atoms with van der Waals surface area (Å²) < 4.78 is 1.94. The summed E-state index contributed by atoms with van der Waals surface area (Å²) in [4.78, 5) is 21.8. The molecule has 1 saturated carbocycles. The second-order valence-electron chi connectivity index (χ2n) is 11.5. The summed E-state index contributed by atoms with van der Waals surface area (Å²) in [6.45, 7) is 14.5. The normalized spacial score (nSPS) is 19.7. The molecule has 8 heteroatoms. The molecule has 3 heterocycles. The van der Waals surface area contributed by atoms with E-state index in [0.29, 0.717) is 6.04 Å². The van der Waals surface area contributed by atoms with Crippen molar-refractivity contribution in [3.05, 3.63) is 51.1 Å². The molecule has 1 aliphatic heterocycles. The van der Waals surface area contributed by atoms with Crippen LogP contribution in [0.4, 0.5) is 0 Å². The average molecular weight is 492 g/mol. The Balaban J connectivity index is 1.55. The number of benzene rings is 1. The number of hydrogen-bond acceptors (Lipinski definition) is 6. The Morgan fingerprint density at radius 1 is 1.03 bits per heavy atom. The highest BCUT2D eigenvalue weighted by Gasteiger charge is 2.36. The Morgan fingerprint density at radius 3 is 2.42 bits per heavy atom. The first kappa shape index (κ1) is 25.1. The zero-order chi connectivity index (χ0) is 25.4. The first-order valence-corrected chi connectivity index (χ1v) is 13.7. The number of aromatic nitrogens is 5. The molecule has 0 radical (unpaired) electrons. The molecule has 194 valence electrons. The van der Waals surface area contributed by atoms with Crippen LogP contribution in [0.15, 0.2) is 23.0 Å². The van der Waals surface area contributed by atoms with E-state index in [1.807, 2.05) is 4.68 Å². The first-order chi connectivity index (χ1) is 17.3. The van der Waals surface area contributed by atoms with Crippen LogP contribution in [0.2, 0.25) is 0 Å². The van der Waals surface area contributed by atoms with Crippen LogP contribution in [-0.2, 0) is 5.54 Å². The highest BCUT2D eigenvalue weighted by molar-refractivity contribution is 5.81. The maximum atomic E-state index is 13.6. The van der Waals surface area contributed by atoms with Gasteiger partial charge in [0, 0.05) is 43.3 Å². The first-order valence-electron chi connectivity index (χ1n) is 13.7. The van der Waals surface area contributed by atoms with Gasteiger partial charge in [-0.25, -0.2) is 4.68 Å². The monoisotopic (exact) mass is 491 g/mol. The van der Waals surface area contributed by atoms with Crippen molar-refractivity contribution >= 4 is 10.9 Å². The number of pyridine rings is 1. The molecule has 2 fully saturated rings. The smallest absolute Gasteiger partial charge is 0.253 e. The quantitative estimate of drug-likeness (QED) is 0.553. The second-order valence-corrected chi connectivity index (χ2v) is 11.5. The van der Waals surface area contributed by atoms with Gasteiger partial charge in [-0.2, -0.15) is 0 Å². The van der Waals surface area contributed by atoms with Crippen molar-refractivity contribution < 1.29 is 0 Å². The summed E-state index contributed by atoms with van der Waals surface area (Å²) in [6.07, 6.45) is 7.59. The number of aryl methyl sites for hydroxylation is 2. The maximum Gasteiger partial charge on any atom is 0.253 e. The lowest BCUT2D eigenvalue weighted by molar-refractivity contribution is 0.0603. The van der Waals surface area contributed by atoms with Crippen molar-refractivity contribution in [3.8, 4) is 0 Å². The second kappa shape index (κ2) is 10.1. The van der Waals surface area contributed by atoms with E-state index in [0.717, 1.165) is 54.9 Å². The molecule has 1 saturated heterocycles. The highest BCUT2D eigenvalue weighted by Crippen LogP contribution is 2.32. The molecular weight excluding hydrogens is 450 g/mol.